The highest BCUT2D eigenvalue weighted by molar-refractivity contribution is 6.08. The van der Waals surface area contributed by atoms with Crippen LogP contribution in [-0.4, -0.2) is 32.1 Å². The van der Waals surface area contributed by atoms with Crippen LogP contribution in [0.3, 0.4) is 0 Å². The fourth-order valence-corrected chi connectivity index (χ4v) is 3.10. The summed E-state index contributed by atoms with van der Waals surface area (Å²) >= 11 is 0. The van der Waals surface area contributed by atoms with Crippen molar-refractivity contribution in [2.24, 2.45) is 9.98 Å². The summed E-state index contributed by atoms with van der Waals surface area (Å²) in [6.07, 6.45) is 0. The van der Waals surface area contributed by atoms with Crippen molar-refractivity contribution in [1.29, 1.82) is 0 Å². The van der Waals surface area contributed by atoms with E-state index in [4.69, 9.17) is 24.2 Å². The zero-order valence-electron chi connectivity index (χ0n) is 18.5. The highest BCUT2D eigenvalue weighted by Crippen LogP contribution is 2.28. The summed E-state index contributed by atoms with van der Waals surface area (Å²) in [6, 6.07) is 23.4. The van der Waals surface area contributed by atoms with Crippen molar-refractivity contribution in [1.82, 2.24) is 0 Å². The molecule has 0 aliphatic heterocycles. The Labute approximate surface area is 184 Å². The Morgan fingerprint density at radius 1 is 0.677 bits per heavy atom. The van der Waals surface area contributed by atoms with Gasteiger partial charge in [0.15, 0.2) is 0 Å². The van der Waals surface area contributed by atoms with Crippen molar-refractivity contribution in [3.05, 3.63) is 89.5 Å². The normalized spacial score (nSPS) is 11.9. The zero-order chi connectivity index (χ0) is 22.1. The van der Waals surface area contributed by atoms with E-state index in [1.54, 1.807) is 7.11 Å². The molecule has 0 aromatic heterocycles. The van der Waals surface area contributed by atoms with Crippen LogP contribution in [0, 0.1) is 6.92 Å². The standard InChI is InChI=1S/C26H28N2O3/c1-5-30-25(27-22-16-10-7-13-19(22)3)20-14-8-9-15-21(20)26(31-6-2)28-23-17-11-12-18-24(23)29-4/h7-18H,5-6H2,1-4H3. The topological polar surface area (TPSA) is 52.4 Å². The van der Waals surface area contributed by atoms with Gasteiger partial charge in [-0.25, -0.2) is 9.98 Å². The second-order valence-corrected chi connectivity index (χ2v) is 6.70. The van der Waals surface area contributed by atoms with Gasteiger partial charge in [0.1, 0.15) is 11.4 Å². The van der Waals surface area contributed by atoms with Gasteiger partial charge >= 0.3 is 0 Å². The first-order valence-corrected chi connectivity index (χ1v) is 10.4. The molecule has 3 aromatic carbocycles. The summed E-state index contributed by atoms with van der Waals surface area (Å²) in [7, 11) is 1.63. The number of nitrogens with zero attached hydrogens (tertiary/aromatic N) is 2. The van der Waals surface area contributed by atoms with Gasteiger partial charge in [0, 0.05) is 11.1 Å². The molecule has 0 fully saturated rings. The maximum absolute atomic E-state index is 5.97. The van der Waals surface area contributed by atoms with Gasteiger partial charge in [-0.15, -0.1) is 0 Å². The lowest BCUT2D eigenvalue weighted by Gasteiger charge is -2.15. The first kappa shape index (κ1) is 22.1. The second kappa shape index (κ2) is 11.0. The Balaban J connectivity index is 2.15. The number of aryl methyl sites for hydroxylation is 1. The number of hydrogen-bond acceptors (Lipinski definition) is 5. The Hall–Kier alpha value is -3.60. The Morgan fingerprint density at radius 3 is 1.71 bits per heavy atom. The second-order valence-electron chi connectivity index (χ2n) is 6.70. The number of aliphatic imine (C=N–C) groups is 2. The third-order valence-electron chi connectivity index (χ3n) is 4.59. The molecule has 0 saturated carbocycles. The molecule has 0 saturated heterocycles. The number of hydrogen-bond donors (Lipinski definition) is 0. The fraction of sp³-hybridized carbons (Fsp3) is 0.231. The number of rotatable bonds is 7. The van der Waals surface area contributed by atoms with Crippen LogP contribution >= 0.6 is 0 Å². The average molecular weight is 417 g/mol. The first-order valence-electron chi connectivity index (χ1n) is 10.4. The molecule has 3 aromatic rings. The predicted octanol–water partition coefficient (Wildman–Crippen LogP) is 6.23. The van der Waals surface area contributed by atoms with Gasteiger partial charge in [-0.1, -0.05) is 42.5 Å². The molecule has 160 valence electrons. The van der Waals surface area contributed by atoms with Crippen LogP contribution in [0.1, 0.15) is 30.5 Å². The van der Waals surface area contributed by atoms with Gasteiger partial charge < -0.3 is 14.2 Å². The highest BCUT2D eigenvalue weighted by atomic mass is 16.5. The smallest absolute Gasteiger partial charge is 0.222 e. The summed E-state index contributed by atoms with van der Waals surface area (Å²) in [6.45, 7) is 6.88. The summed E-state index contributed by atoms with van der Waals surface area (Å²) in [5.41, 5.74) is 4.24. The van der Waals surface area contributed by atoms with Crippen molar-refractivity contribution in [3.63, 3.8) is 0 Å². The van der Waals surface area contributed by atoms with E-state index in [2.05, 4.69) is 0 Å². The van der Waals surface area contributed by atoms with E-state index in [-0.39, 0.29) is 0 Å². The SMILES string of the molecule is CCOC(=Nc1ccccc1C)c1ccccc1C(=Nc1ccccc1OC)OCC. The van der Waals surface area contributed by atoms with Gasteiger partial charge in [0.25, 0.3) is 0 Å². The zero-order valence-corrected chi connectivity index (χ0v) is 18.5. The number of para-hydroxylation sites is 3. The van der Waals surface area contributed by atoms with Gasteiger partial charge in [0.2, 0.25) is 11.8 Å². The Bertz CT molecular complexity index is 1070. The van der Waals surface area contributed by atoms with E-state index < -0.39 is 0 Å². The van der Waals surface area contributed by atoms with Gasteiger partial charge in [-0.3, -0.25) is 0 Å². The molecule has 0 atom stereocenters. The number of methoxy groups -OCH3 is 1. The molecule has 0 aliphatic carbocycles. The molecule has 0 aliphatic rings. The molecule has 31 heavy (non-hydrogen) atoms. The van der Waals surface area contributed by atoms with Gasteiger partial charge in [-0.2, -0.15) is 0 Å². The van der Waals surface area contributed by atoms with Crippen LogP contribution in [0.15, 0.2) is 82.8 Å². The number of ether oxygens (including phenoxy) is 3. The summed E-state index contributed by atoms with van der Waals surface area (Å²) in [5, 5.41) is 0. The third kappa shape index (κ3) is 5.51. The minimum Gasteiger partial charge on any atom is -0.494 e. The van der Waals surface area contributed by atoms with E-state index in [1.807, 2.05) is 93.6 Å². The predicted molar refractivity (Wildman–Crippen MR) is 126 cm³/mol. The molecule has 3 rings (SSSR count). The quantitative estimate of drug-likeness (QED) is 0.339. The molecule has 0 unspecified atom stereocenters. The monoisotopic (exact) mass is 416 g/mol. The van der Waals surface area contributed by atoms with E-state index in [1.165, 1.54) is 0 Å². The summed E-state index contributed by atoms with van der Waals surface area (Å²) in [4.78, 5) is 9.60. The molecular formula is C26H28N2O3. The Morgan fingerprint density at radius 2 is 1.16 bits per heavy atom. The van der Waals surface area contributed by atoms with Crippen molar-refractivity contribution in [2.45, 2.75) is 20.8 Å². The minimum absolute atomic E-state index is 0.473. The number of benzene rings is 3. The molecule has 0 bridgehead atoms. The van der Waals surface area contributed by atoms with Gasteiger partial charge in [-0.05, 0) is 56.7 Å². The van der Waals surface area contributed by atoms with Crippen LogP contribution < -0.4 is 4.74 Å². The molecule has 0 amide bonds. The van der Waals surface area contributed by atoms with E-state index in [0.717, 1.165) is 22.4 Å². The van der Waals surface area contributed by atoms with Crippen molar-refractivity contribution < 1.29 is 14.2 Å². The highest BCUT2D eigenvalue weighted by Gasteiger charge is 2.17. The van der Waals surface area contributed by atoms with Crippen molar-refractivity contribution in [2.75, 3.05) is 20.3 Å². The fourth-order valence-electron chi connectivity index (χ4n) is 3.10. The lowest BCUT2D eigenvalue weighted by molar-refractivity contribution is 0.324. The van der Waals surface area contributed by atoms with E-state index in [9.17, 15) is 0 Å². The van der Waals surface area contributed by atoms with Crippen LogP contribution in [-0.2, 0) is 9.47 Å². The largest absolute Gasteiger partial charge is 0.494 e. The van der Waals surface area contributed by atoms with Crippen LogP contribution in [0.2, 0.25) is 0 Å². The lowest BCUT2D eigenvalue weighted by Crippen LogP contribution is -2.15. The molecule has 0 N–H and O–H groups in total. The molecule has 0 radical (unpaired) electrons. The van der Waals surface area contributed by atoms with E-state index in [0.29, 0.717) is 36.4 Å². The Kier molecular flexibility index (Phi) is 7.82. The maximum Gasteiger partial charge on any atom is 0.222 e. The van der Waals surface area contributed by atoms with Crippen LogP contribution in [0.5, 0.6) is 5.75 Å². The molecular weight excluding hydrogens is 388 g/mol. The molecule has 0 spiro atoms. The lowest BCUT2D eigenvalue weighted by atomic mass is 10.1. The van der Waals surface area contributed by atoms with Crippen LogP contribution in [0.4, 0.5) is 11.4 Å². The summed E-state index contributed by atoms with van der Waals surface area (Å²) in [5.74, 6) is 1.69. The first-order chi connectivity index (χ1) is 15.2. The minimum atomic E-state index is 0.473. The van der Waals surface area contributed by atoms with Crippen molar-refractivity contribution >= 4 is 23.2 Å². The molecule has 5 nitrogen and oxygen atoms in total. The molecule has 0 heterocycles. The van der Waals surface area contributed by atoms with Crippen molar-refractivity contribution in [3.8, 4) is 5.75 Å². The molecule has 5 heteroatoms. The summed E-state index contributed by atoms with van der Waals surface area (Å²) < 4.78 is 17.4. The van der Waals surface area contributed by atoms with Gasteiger partial charge in [0.05, 0.1) is 26.0 Å². The average Bonchev–Trinajstić information content (AvgIpc) is 2.80. The van der Waals surface area contributed by atoms with Crippen LogP contribution in [0.25, 0.3) is 0 Å². The van der Waals surface area contributed by atoms with E-state index >= 15 is 0 Å². The maximum atomic E-state index is 5.97. The third-order valence-corrected chi connectivity index (χ3v) is 4.59.